The molecule has 730 valence electrons. The second-order valence-corrected chi connectivity index (χ2v) is 45.0. The predicted octanol–water partition coefficient (Wildman–Crippen LogP) is 16.0. The number of piperidine rings is 4. The number of morpholine rings is 1. The number of rotatable bonds is 20. The number of aromatic nitrogens is 12. The lowest BCUT2D eigenvalue weighted by Gasteiger charge is -2.35. The molecule has 4 aromatic carbocycles. The van der Waals surface area contributed by atoms with Crippen molar-refractivity contribution in [2.24, 2.45) is 0 Å². The number of halogens is 2. The van der Waals surface area contributed by atoms with Crippen LogP contribution in [0.4, 0.5) is 34.5 Å². The Labute approximate surface area is 815 Å². The van der Waals surface area contributed by atoms with Crippen molar-refractivity contribution >= 4 is 134 Å². The topological polar surface area (TPSA) is 373 Å². The number of ether oxygens (including phenoxy) is 1. The fourth-order valence-corrected chi connectivity index (χ4v) is 22.3. The molecule has 4 amide bonds. The van der Waals surface area contributed by atoms with Gasteiger partial charge in [0.15, 0.2) is 32.4 Å². The summed E-state index contributed by atoms with van der Waals surface area (Å²) in [6.07, 6.45) is 22.1. The Morgan fingerprint density at radius 1 is 0.406 bits per heavy atom. The Morgan fingerprint density at radius 2 is 0.812 bits per heavy atom. The molecule has 9 aliphatic rings. The third-order valence-electron chi connectivity index (χ3n) is 28.0. The molecule has 0 unspecified atom stereocenters. The van der Waals surface area contributed by atoms with Crippen molar-refractivity contribution in [1.29, 1.82) is 0 Å². The summed E-state index contributed by atoms with van der Waals surface area (Å²) in [4.78, 5) is 88.8. The van der Waals surface area contributed by atoms with Crippen LogP contribution in [0.25, 0.3) is 22.6 Å². The molecule has 0 radical (unpaired) electrons. The Hall–Kier alpha value is -11.6. The molecule has 7 aliphatic heterocycles. The molecule has 12 aromatic rings. The molecule has 15 heterocycles. The molecule has 38 heteroatoms. The number of fused-ring (bicyclic) bond motifs is 4. The number of hydrogen-bond acceptors (Lipinski definition) is 23. The van der Waals surface area contributed by atoms with Crippen molar-refractivity contribution in [2.45, 2.75) is 212 Å². The van der Waals surface area contributed by atoms with E-state index in [0.29, 0.717) is 106 Å². The van der Waals surface area contributed by atoms with E-state index in [4.69, 9.17) is 74.0 Å². The summed E-state index contributed by atoms with van der Waals surface area (Å²) in [7, 11) is -10.4. The van der Waals surface area contributed by atoms with Gasteiger partial charge in [-0.15, -0.1) is 0 Å². The summed E-state index contributed by atoms with van der Waals surface area (Å²) < 4.78 is 90.3. The summed E-state index contributed by atoms with van der Waals surface area (Å²) >= 11 is 12.3. The second-order valence-electron chi connectivity index (χ2n) is 38.5. The number of aryl methyl sites for hydroxylation is 5. The number of nitrogens with one attached hydrogen (secondary N) is 2. The van der Waals surface area contributed by atoms with Gasteiger partial charge in [-0.05, 0) is 235 Å². The van der Waals surface area contributed by atoms with Crippen molar-refractivity contribution in [2.75, 3.05) is 127 Å². The third kappa shape index (κ3) is 21.1. The number of carbonyl (C=O) groups is 4. The number of sulfone groups is 1. The number of sulfonamides is 2. The highest BCUT2D eigenvalue weighted by Crippen LogP contribution is 2.45. The van der Waals surface area contributed by atoms with Gasteiger partial charge in [0.25, 0.3) is 23.6 Å². The van der Waals surface area contributed by atoms with E-state index in [1.165, 1.54) is 25.5 Å². The van der Waals surface area contributed by atoms with Gasteiger partial charge in [-0.2, -0.15) is 33.9 Å². The number of anilines is 6. The molecule has 33 nitrogen and oxygen atoms in total. The number of carbonyl (C=O) groups excluding carboxylic acids is 4. The first-order valence-corrected chi connectivity index (χ1v) is 54.9. The Kier molecular flexibility index (Phi) is 28.0. The van der Waals surface area contributed by atoms with Crippen LogP contribution in [0.3, 0.4) is 0 Å². The quantitative estimate of drug-likeness (QED) is 0.0597. The molecule has 2 aliphatic carbocycles. The highest BCUT2D eigenvalue weighted by Gasteiger charge is 2.40. The van der Waals surface area contributed by atoms with Crippen molar-refractivity contribution in [3.63, 3.8) is 0 Å². The molecule has 4 N–H and O–H groups in total. The largest absolute Gasteiger partial charge is 0.398 e. The minimum atomic E-state index is -3.55. The van der Waals surface area contributed by atoms with Gasteiger partial charge in [-0.25, -0.2) is 49.7 Å². The molecule has 138 heavy (non-hydrogen) atoms. The maximum atomic E-state index is 14.1. The van der Waals surface area contributed by atoms with Crippen LogP contribution >= 0.6 is 23.2 Å². The third-order valence-corrected chi connectivity index (χ3v) is 30.5. The van der Waals surface area contributed by atoms with E-state index in [9.17, 15) is 44.4 Å². The highest BCUT2D eigenvalue weighted by atomic mass is 35.5. The van der Waals surface area contributed by atoms with E-state index < -0.39 is 29.9 Å². The van der Waals surface area contributed by atoms with Crippen LogP contribution in [0.5, 0.6) is 0 Å². The monoisotopic (exact) mass is 1970 g/mol. The van der Waals surface area contributed by atoms with Gasteiger partial charge < -0.3 is 44.8 Å². The number of amides is 4. The predicted molar refractivity (Wildman–Crippen MR) is 537 cm³/mol. The molecule has 21 rings (SSSR count). The minimum Gasteiger partial charge on any atom is -0.398 e. The van der Waals surface area contributed by atoms with Crippen molar-refractivity contribution in [3.8, 4) is 0 Å². The SMILES string of the molecule is CCc1ccc(NS(C)(=O)=O)c(C(=O)N2CCCC[C@H]2c2cc3nc(C4CC4)cc(N4CCOCC4)n3n2)c1.Cc1cc(C2CC2)nc2cc([C@@H]3CCCCN3C(=O)c3cc(Cl)ccc3N)nn12.Cc1ccc(NS(C)(=O)=O)c(C(=O)N2CCCC[C@H]2c2cc3nc(C)c(C)c(N4CCC4)n3n2)c1.Cc1nc2cc([C@@H]3CCCCN3C(=O)c3cc(Cl)ccc3CS(C)(=O)=O)nn2c(N2CCC2)c1C. The van der Waals surface area contributed by atoms with Gasteiger partial charge in [0.2, 0.25) is 20.0 Å². The van der Waals surface area contributed by atoms with E-state index in [-0.39, 0.29) is 53.5 Å². The van der Waals surface area contributed by atoms with Gasteiger partial charge in [0.1, 0.15) is 17.5 Å². The van der Waals surface area contributed by atoms with Crippen LogP contribution in [0.1, 0.15) is 279 Å². The van der Waals surface area contributed by atoms with Crippen molar-refractivity contribution in [1.82, 2.24) is 78.0 Å². The molecular weight excluding hydrogens is 1850 g/mol. The van der Waals surface area contributed by atoms with E-state index in [1.54, 1.807) is 60.7 Å². The molecule has 7 saturated heterocycles. The number of nitrogens with two attached hydrogens (primary N) is 1. The van der Waals surface area contributed by atoms with Crippen molar-refractivity contribution in [3.05, 3.63) is 221 Å². The maximum absolute atomic E-state index is 14.1. The number of nitrogen functional groups attached to an aromatic ring is 1. The van der Waals surface area contributed by atoms with Gasteiger partial charge >= 0.3 is 0 Å². The zero-order chi connectivity index (χ0) is 97.1. The first-order valence-electron chi connectivity index (χ1n) is 48.3. The van der Waals surface area contributed by atoms with Gasteiger partial charge in [0, 0.05) is 175 Å². The van der Waals surface area contributed by atoms with Crippen LogP contribution in [-0.4, -0.2) is 224 Å². The lowest BCUT2D eigenvalue weighted by molar-refractivity contribution is 0.0598. The molecular formula is C100H122Cl2N22O11S3. The fraction of sp³-hybridized carbons (Fsp3) is 0.480. The first kappa shape index (κ1) is 96.7. The lowest BCUT2D eigenvalue weighted by atomic mass is 9.97. The Morgan fingerprint density at radius 3 is 1.25 bits per heavy atom. The standard InChI is InChI=1S/C28H36N6O4S.C25H30ClN5O3S.C25H32N6O3S.C22H24ClN5O/c1-3-19-7-10-22(31-39(2,36)37)21(16-19)28(35)33-11-5-4-6-25(33)24-17-26-29-23(20-8-9-20)18-27(34(26)30-24)32-12-14-38-15-13-32;1-16-17(2)27-23-14-21(28-31(23)24(16)29-10-6-11-29)22-7-4-5-12-30(22)25(32)20-13-19(26)9-8-18(20)15-35(3,33)34;1-16-9-10-20(28-35(4,33)34)19(14-16)25(32)30-13-6-5-8-22(30)21-15-23-26-18(3)17(2)24(31(23)27-21)29-11-7-12-29;1-13-10-18(14-5-6-14)25-21-12-19(26-28(13)21)20-4-2-3-9-27(20)22(29)16-11-15(23)7-8-17(16)24/h7,10,16-18,20,25,31H,3-6,8-9,11-15H2,1-2H3;8-9,13-14,22H,4-7,10-12,15H2,1-3H3;9-10,14-15,22,28H,5-8,11-13H2,1-4H3;7-8,10-12,14,20H,2-6,9,24H2,1H3/t25-;2*22-;20-/m0000/s1. The average molecular weight is 1980 g/mol. The molecule has 2 saturated carbocycles. The molecule has 0 bridgehead atoms. The Bertz CT molecular complexity index is 6870. The van der Waals surface area contributed by atoms with Crippen LogP contribution in [0.2, 0.25) is 10.0 Å². The normalized spacial score (nSPS) is 19.3. The number of benzene rings is 4. The summed E-state index contributed by atoms with van der Waals surface area (Å²) in [6.45, 7) is 23.6. The van der Waals surface area contributed by atoms with E-state index in [0.717, 1.165) is 268 Å². The van der Waals surface area contributed by atoms with Crippen molar-refractivity contribution < 1.29 is 49.2 Å². The Balaban J connectivity index is 0.000000123. The molecule has 8 aromatic heterocycles. The molecule has 4 atom stereocenters. The maximum Gasteiger partial charge on any atom is 0.256 e. The number of likely N-dealkylation sites (tertiary alicyclic amines) is 4. The van der Waals surface area contributed by atoms with E-state index >= 15 is 0 Å². The summed E-state index contributed by atoms with van der Waals surface area (Å²) in [5.74, 6) is 3.40. The average Bonchev–Trinajstić information content (AvgIpc) is 1.61. The van der Waals surface area contributed by atoms with Gasteiger partial charge in [0.05, 0.1) is 106 Å². The smallest absolute Gasteiger partial charge is 0.256 e. The van der Waals surface area contributed by atoms with E-state index in [1.807, 2.05) is 102 Å². The highest BCUT2D eigenvalue weighted by molar-refractivity contribution is 7.92. The zero-order valence-electron chi connectivity index (χ0n) is 80.0. The van der Waals surface area contributed by atoms with Crippen LogP contribution in [-0.2, 0) is 46.8 Å². The first-order chi connectivity index (χ1) is 66.1. The van der Waals surface area contributed by atoms with Gasteiger partial charge in [-0.1, -0.05) is 53.9 Å². The summed E-state index contributed by atoms with van der Waals surface area (Å²) in [6, 6.07) is 32.1. The lowest BCUT2D eigenvalue weighted by Crippen LogP contribution is -2.40. The van der Waals surface area contributed by atoms with Gasteiger partial charge in [-0.3, -0.25) is 28.6 Å². The second kappa shape index (κ2) is 40.0. The number of nitrogens with zero attached hydrogens (tertiary/aromatic N) is 19. The zero-order valence-corrected chi connectivity index (χ0v) is 84.0. The molecule has 0 spiro atoms. The fourth-order valence-electron chi connectivity index (χ4n) is 20.0. The summed E-state index contributed by atoms with van der Waals surface area (Å²) in [5.41, 5.74) is 25.1. The van der Waals surface area contributed by atoms with Crippen LogP contribution < -0.4 is 29.9 Å². The van der Waals surface area contributed by atoms with E-state index in [2.05, 4.69) is 57.0 Å². The summed E-state index contributed by atoms with van der Waals surface area (Å²) in [5, 5.41) is 20.7. The van der Waals surface area contributed by atoms with Crippen LogP contribution in [0, 0.1) is 41.5 Å². The minimum absolute atomic E-state index is 0.0832. The number of hydrogen-bond donors (Lipinski definition) is 3. The molecule has 9 fully saturated rings. The van der Waals surface area contributed by atoms with Crippen LogP contribution in [0.15, 0.2) is 109 Å².